The van der Waals surface area contributed by atoms with Gasteiger partial charge in [-0.2, -0.15) is 4.39 Å². The lowest BCUT2D eigenvalue weighted by atomic mass is 10.0. The van der Waals surface area contributed by atoms with Crippen molar-refractivity contribution in [1.82, 2.24) is 4.90 Å². The van der Waals surface area contributed by atoms with Crippen LogP contribution in [0.15, 0.2) is 17.8 Å². The molecular formula is C15H16F3NO4. The van der Waals surface area contributed by atoms with E-state index in [-0.39, 0.29) is 6.61 Å². The van der Waals surface area contributed by atoms with Crippen molar-refractivity contribution in [3.63, 3.8) is 0 Å². The zero-order chi connectivity index (χ0) is 17.7. The molecule has 8 heteroatoms. The van der Waals surface area contributed by atoms with Crippen LogP contribution in [0.25, 0.3) is 0 Å². The predicted octanol–water partition coefficient (Wildman–Crippen LogP) is 2.30. The Hall–Kier alpha value is -2.51. The van der Waals surface area contributed by atoms with Crippen molar-refractivity contribution >= 4 is 11.8 Å². The van der Waals surface area contributed by atoms with E-state index in [1.54, 1.807) is 0 Å². The Balaban J connectivity index is 3.46. The van der Waals surface area contributed by atoms with Crippen LogP contribution in [0, 0.1) is 17.5 Å². The lowest BCUT2D eigenvalue weighted by molar-refractivity contribution is -0.138. The second-order valence-electron chi connectivity index (χ2n) is 4.62. The number of hydrogen-bond donors (Lipinski definition) is 0. The first kappa shape index (κ1) is 18.5. The SMILES string of the molecule is CCOC(=O)/C(=C/N(C)C)C(=O)c1cc(F)c(F)c(OC)c1F. The van der Waals surface area contributed by atoms with Gasteiger partial charge in [0.05, 0.1) is 19.3 Å². The van der Waals surface area contributed by atoms with Crippen molar-refractivity contribution in [2.75, 3.05) is 27.8 Å². The Labute approximate surface area is 131 Å². The summed E-state index contributed by atoms with van der Waals surface area (Å²) >= 11 is 0. The number of methoxy groups -OCH3 is 1. The van der Waals surface area contributed by atoms with E-state index in [0.717, 1.165) is 13.3 Å². The summed E-state index contributed by atoms with van der Waals surface area (Å²) < 4.78 is 50.3. The third-order valence-corrected chi connectivity index (χ3v) is 2.69. The minimum atomic E-state index is -1.56. The van der Waals surface area contributed by atoms with Crippen LogP contribution < -0.4 is 4.74 Å². The first-order valence-electron chi connectivity index (χ1n) is 6.56. The summed E-state index contributed by atoms with van der Waals surface area (Å²) in [7, 11) is 3.97. The Morgan fingerprint density at radius 2 is 1.83 bits per heavy atom. The van der Waals surface area contributed by atoms with Crippen LogP contribution in [0.4, 0.5) is 13.2 Å². The summed E-state index contributed by atoms with van der Waals surface area (Å²) in [6, 6.07) is 0.373. The molecule has 1 rings (SSSR count). The van der Waals surface area contributed by atoms with Crippen molar-refractivity contribution in [1.29, 1.82) is 0 Å². The third-order valence-electron chi connectivity index (χ3n) is 2.69. The third kappa shape index (κ3) is 4.02. The molecule has 0 aliphatic rings. The number of Topliss-reactive ketones (excluding diaryl/α,β-unsaturated/α-hetero) is 1. The number of carbonyl (C=O) groups excluding carboxylic acids is 2. The van der Waals surface area contributed by atoms with Crippen LogP contribution in [-0.2, 0) is 9.53 Å². The normalized spacial score (nSPS) is 11.2. The van der Waals surface area contributed by atoms with Crippen LogP contribution in [0.5, 0.6) is 5.75 Å². The van der Waals surface area contributed by atoms with Crippen molar-refractivity contribution < 1.29 is 32.2 Å². The number of halogens is 3. The fourth-order valence-corrected chi connectivity index (χ4v) is 1.74. The summed E-state index contributed by atoms with van der Waals surface area (Å²) in [5.74, 6) is -7.62. The molecule has 0 heterocycles. The lowest BCUT2D eigenvalue weighted by Gasteiger charge is -2.12. The minimum Gasteiger partial charge on any atom is -0.491 e. The molecule has 126 valence electrons. The van der Waals surface area contributed by atoms with Crippen LogP contribution in [0.3, 0.4) is 0 Å². The number of hydrogen-bond acceptors (Lipinski definition) is 5. The van der Waals surface area contributed by atoms with Gasteiger partial charge in [-0.05, 0) is 13.0 Å². The van der Waals surface area contributed by atoms with E-state index in [0.29, 0.717) is 6.07 Å². The maximum absolute atomic E-state index is 14.2. The van der Waals surface area contributed by atoms with Gasteiger partial charge in [-0.1, -0.05) is 0 Å². The van der Waals surface area contributed by atoms with Crippen molar-refractivity contribution in [2.24, 2.45) is 0 Å². The lowest BCUT2D eigenvalue weighted by Crippen LogP contribution is -2.21. The second kappa shape index (κ2) is 7.66. The molecule has 0 atom stereocenters. The van der Waals surface area contributed by atoms with Gasteiger partial charge in [-0.3, -0.25) is 4.79 Å². The summed E-state index contributed by atoms with van der Waals surface area (Å²) in [5.41, 5.74) is -1.36. The summed E-state index contributed by atoms with van der Waals surface area (Å²) in [4.78, 5) is 25.6. The Kier molecular flexibility index (Phi) is 6.18. The van der Waals surface area contributed by atoms with Crippen LogP contribution in [0.2, 0.25) is 0 Å². The van der Waals surface area contributed by atoms with E-state index in [9.17, 15) is 22.8 Å². The topological polar surface area (TPSA) is 55.8 Å². The second-order valence-corrected chi connectivity index (χ2v) is 4.62. The minimum absolute atomic E-state index is 0.0134. The molecule has 0 fully saturated rings. The average molecular weight is 331 g/mol. The fraction of sp³-hybridized carbons (Fsp3) is 0.333. The van der Waals surface area contributed by atoms with Crippen molar-refractivity contribution in [3.8, 4) is 5.75 Å². The molecule has 0 amide bonds. The fourth-order valence-electron chi connectivity index (χ4n) is 1.74. The largest absolute Gasteiger partial charge is 0.491 e. The Morgan fingerprint density at radius 1 is 1.22 bits per heavy atom. The molecule has 0 unspecified atom stereocenters. The molecular weight excluding hydrogens is 315 g/mol. The van der Waals surface area contributed by atoms with E-state index in [2.05, 4.69) is 4.74 Å². The van der Waals surface area contributed by atoms with Crippen molar-refractivity contribution in [3.05, 3.63) is 40.9 Å². The average Bonchev–Trinajstić information content (AvgIpc) is 2.48. The molecule has 0 bridgehead atoms. The highest BCUT2D eigenvalue weighted by molar-refractivity contribution is 6.24. The highest BCUT2D eigenvalue weighted by Crippen LogP contribution is 2.28. The number of ether oxygens (including phenoxy) is 2. The quantitative estimate of drug-likeness (QED) is 0.200. The summed E-state index contributed by atoms with van der Waals surface area (Å²) in [5, 5.41) is 0. The zero-order valence-electron chi connectivity index (χ0n) is 13.1. The van der Waals surface area contributed by atoms with E-state index in [1.807, 2.05) is 0 Å². The van der Waals surface area contributed by atoms with E-state index in [1.165, 1.54) is 25.9 Å². The molecule has 23 heavy (non-hydrogen) atoms. The van der Waals surface area contributed by atoms with Gasteiger partial charge in [0.15, 0.2) is 17.4 Å². The number of rotatable bonds is 6. The molecule has 0 aliphatic heterocycles. The molecule has 1 aromatic rings. The van der Waals surface area contributed by atoms with Crippen LogP contribution in [0.1, 0.15) is 17.3 Å². The van der Waals surface area contributed by atoms with E-state index in [4.69, 9.17) is 4.74 Å². The summed E-state index contributed by atoms with van der Waals surface area (Å²) in [6.07, 6.45) is 1.10. The number of nitrogens with zero attached hydrogens (tertiary/aromatic N) is 1. The van der Waals surface area contributed by atoms with Gasteiger partial charge in [-0.15, -0.1) is 0 Å². The maximum atomic E-state index is 14.2. The Bertz CT molecular complexity index is 657. The van der Waals surface area contributed by atoms with E-state index >= 15 is 0 Å². The molecule has 0 radical (unpaired) electrons. The molecule has 0 saturated carbocycles. The monoisotopic (exact) mass is 331 g/mol. The number of benzene rings is 1. The smallest absolute Gasteiger partial charge is 0.343 e. The van der Waals surface area contributed by atoms with Gasteiger partial charge in [-0.25, -0.2) is 13.6 Å². The van der Waals surface area contributed by atoms with Gasteiger partial charge >= 0.3 is 5.97 Å². The molecule has 0 N–H and O–H groups in total. The summed E-state index contributed by atoms with van der Waals surface area (Å²) in [6.45, 7) is 1.51. The molecule has 0 aliphatic carbocycles. The highest BCUT2D eigenvalue weighted by Gasteiger charge is 2.29. The van der Waals surface area contributed by atoms with Crippen LogP contribution in [-0.4, -0.2) is 44.5 Å². The molecule has 0 saturated heterocycles. The van der Waals surface area contributed by atoms with Gasteiger partial charge < -0.3 is 14.4 Å². The number of esters is 1. The Morgan fingerprint density at radius 3 is 2.30 bits per heavy atom. The first-order valence-corrected chi connectivity index (χ1v) is 6.56. The van der Waals surface area contributed by atoms with Gasteiger partial charge in [0, 0.05) is 20.3 Å². The van der Waals surface area contributed by atoms with Gasteiger partial charge in [0.25, 0.3) is 0 Å². The number of ketones is 1. The standard InChI is InChI=1S/C15H16F3NO4/c1-5-23-15(21)9(7-19(2)3)13(20)8-6-10(16)12(18)14(22-4)11(8)17/h6-7H,5H2,1-4H3/b9-7+. The highest BCUT2D eigenvalue weighted by atomic mass is 19.2. The van der Waals surface area contributed by atoms with E-state index < -0.39 is 46.1 Å². The predicted molar refractivity (Wildman–Crippen MR) is 75.6 cm³/mol. The molecule has 0 spiro atoms. The van der Waals surface area contributed by atoms with Gasteiger partial charge in [0.2, 0.25) is 11.6 Å². The van der Waals surface area contributed by atoms with Crippen LogP contribution >= 0.6 is 0 Å². The molecule has 5 nitrogen and oxygen atoms in total. The zero-order valence-corrected chi connectivity index (χ0v) is 13.1. The first-order chi connectivity index (χ1) is 10.7. The number of carbonyl (C=O) groups is 2. The molecule has 0 aromatic heterocycles. The molecule has 1 aromatic carbocycles. The maximum Gasteiger partial charge on any atom is 0.343 e. The van der Waals surface area contributed by atoms with Gasteiger partial charge in [0.1, 0.15) is 5.57 Å². The van der Waals surface area contributed by atoms with Crippen molar-refractivity contribution in [2.45, 2.75) is 6.92 Å².